The number of aliphatic hydroxyl groups is 1. The maximum Gasteiger partial charge on any atom is 0.204 e. The number of hydrogen-bond donors (Lipinski definition) is 3. The van der Waals surface area contributed by atoms with Crippen LogP contribution in [0.2, 0.25) is 0 Å². The smallest absolute Gasteiger partial charge is 0.204 e. The van der Waals surface area contributed by atoms with E-state index in [1.54, 1.807) is 28.0 Å². The van der Waals surface area contributed by atoms with E-state index in [0.29, 0.717) is 23.9 Å². The summed E-state index contributed by atoms with van der Waals surface area (Å²) in [5, 5.41) is 15.5. The Labute approximate surface area is 95.1 Å². The summed E-state index contributed by atoms with van der Waals surface area (Å²) in [6.45, 7) is 3.81. The van der Waals surface area contributed by atoms with Crippen molar-refractivity contribution in [2.75, 3.05) is 31.3 Å². The van der Waals surface area contributed by atoms with Gasteiger partial charge in [-0.3, -0.25) is 0 Å². The Hall–Kier alpha value is -1.56. The molecule has 6 heteroatoms. The van der Waals surface area contributed by atoms with Crippen LogP contribution in [-0.4, -0.2) is 41.4 Å². The lowest BCUT2D eigenvalue weighted by Gasteiger charge is -2.19. The molecule has 0 fully saturated rings. The third kappa shape index (κ3) is 3.23. The topological polar surface area (TPSA) is 79.3 Å². The third-order valence-electron chi connectivity index (χ3n) is 1.93. The highest BCUT2D eigenvalue weighted by Crippen LogP contribution is 2.28. The molecular formula is C10H18N4O2. The molecule has 0 radical (unpaired) electrons. The van der Waals surface area contributed by atoms with Gasteiger partial charge in [0.15, 0.2) is 11.6 Å². The van der Waals surface area contributed by atoms with Crippen LogP contribution in [0.1, 0.15) is 13.8 Å². The summed E-state index contributed by atoms with van der Waals surface area (Å²) in [6, 6.07) is 0. The largest absolute Gasteiger partial charge is 0.490 e. The van der Waals surface area contributed by atoms with Gasteiger partial charge in [0.05, 0.1) is 12.7 Å². The Bertz CT molecular complexity index is 349. The van der Waals surface area contributed by atoms with Gasteiger partial charge in [0.1, 0.15) is 6.33 Å². The van der Waals surface area contributed by atoms with Gasteiger partial charge in [0, 0.05) is 13.6 Å². The number of hydrogen-bond acceptors (Lipinski definition) is 6. The van der Waals surface area contributed by atoms with E-state index in [9.17, 15) is 5.11 Å². The molecule has 1 aromatic heterocycles. The highest BCUT2D eigenvalue weighted by atomic mass is 16.5. The lowest BCUT2D eigenvalue weighted by Crippen LogP contribution is -2.29. The molecule has 0 aliphatic heterocycles. The van der Waals surface area contributed by atoms with E-state index < -0.39 is 5.60 Å². The highest BCUT2D eigenvalue weighted by molar-refractivity contribution is 5.63. The van der Waals surface area contributed by atoms with Crippen LogP contribution in [0.5, 0.6) is 5.75 Å². The van der Waals surface area contributed by atoms with Crippen molar-refractivity contribution in [3.8, 4) is 5.75 Å². The first kappa shape index (κ1) is 12.5. The summed E-state index contributed by atoms with van der Waals surface area (Å²) in [5.41, 5.74) is -0.810. The van der Waals surface area contributed by atoms with Crippen molar-refractivity contribution >= 4 is 11.6 Å². The Morgan fingerprint density at radius 3 is 2.50 bits per heavy atom. The zero-order valence-corrected chi connectivity index (χ0v) is 10.0. The number of nitrogens with zero attached hydrogens (tertiary/aromatic N) is 2. The fraction of sp³-hybridized carbons (Fsp3) is 0.600. The molecule has 0 spiro atoms. The van der Waals surface area contributed by atoms with Crippen LogP contribution in [0.4, 0.5) is 11.6 Å². The fourth-order valence-electron chi connectivity index (χ4n) is 1.17. The van der Waals surface area contributed by atoms with Crippen LogP contribution < -0.4 is 15.4 Å². The normalized spacial score (nSPS) is 11.1. The molecule has 3 N–H and O–H groups in total. The minimum Gasteiger partial charge on any atom is -0.490 e. The molecule has 0 amide bonds. The molecule has 0 saturated carbocycles. The predicted octanol–water partition coefficient (Wildman–Crippen LogP) is 0.710. The van der Waals surface area contributed by atoms with Gasteiger partial charge in [-0.2, -0.15) is 0 Å². The van der Waals surface area contributed by atoms with Crippen LogP contribution in [0.15, 0.2) is 6.33 Å². The molecule has 0 aliphatic rings. The van der Waals surface area contributed by atoms with Gasteiger partial charge in [0.25, 0.3) is 0 Å². The number of ether oxygens (including phenoxy) is 1. The number of aromatic nitrogens is 2. The van der Waals surface area contributed by atoms with E-state index in [1.165, 1.54) is 6.33 Å². The first-order chi connectivity index (χ1) is 7.48. The van der Waals surface area contributed by atoms with E-state index in [4.69, 9.17) is 4.74 Å². The van der Waals surface area contributed by atoms with Gasteiger partial charge >= 0.3 is 0 Å². The monoisotopic (exact) mass is 226 g/mol. The molecular weight excluding hydrogens is 208 g/mol. The summed E-state index contributed by atoms with van der Waals surface area (Å²) in [6.07, 6.45) is 1.43. The quantitative estimate of drug-likeness (QED) is 0.686. The number of methoxy groups -OCH3 is 1. The number of anilines is 2. The molecule has 0 saturated heterocycles. The van der Waals surface area contributed by atoms with Gasteiger partial charge in [0.2, 0.25) is 5.75 Å². The highest BCUT2D eigenvalue weighted by Gasteiger charge is 2.15. The van der Waals surface area contributed by atoms with Gasteiger partial charge < -0.3 is 20.5 Å². The Balaban J connectivity index is 2.87. The fourth-order valence-corrected chi connectivity index (χ4v) is 1.17. The summed E-state index contributed by atoms with van der Waals surface area (Å²) < 4.78 is 5.20. The first-order valence-corrected chi connectivity index (χ1v) is 5.01. The van der Waals surface area contributed by atoms with E-state index in [1.807, 2.05) is 0 Å². The maximum atomic E-state index is 9.61. The molecule has 1 aromatic rings. The summed E-state index contributed by atoms with van der Waals surface area (Å²) >= 11 is 0. The van der Waals surface area contributed by atoms with Crippen molar-refractivity contribution in [1.29, 1.82) is 0 Å². The Kier molecular flexibility index (Phi) is 3.89. The van der Waals surface area contributed by atoms with Gasteiger partial charge in [-0.1, -0.05) is 0 Å². The van der Waals surface area contributed by atoms with Crippen molar-refractivity contribution in [2.45, 2.75) is 19.4 Å². The SMILES string of the molecule is CNc1ncnc(NCC(C)(C)O)c1OC. The zero-order chi connectivity index (χ0) is 12.2. The molecule has 90 valence electrons. The average molecular weight is 226 g/mol. The Morgan fingerprint density at radius 1 is 1.38 bits per heavy atom. The zero-order valence-electron chi connectivity index (χ0n) is 10.0. The van der Waals surface area contributed by atoms with Gasteiger partial charge in [-0.15, -0.1) is 0 Å². The molecule has 1 heterocycles. The molecule has 16 heavy (non-hydrogen) atoms. The summed E-state index contributed by atoms with van der Waals surface area (Å²) in [5.74, 6) is 1.70. The summed E-state index contributed by atoms with van der Waals surface area (Å²) in [7, 11) is 3.30. The average Bonchev–Trinajstić information content (AvgIpc) is 2.24. The lowest BCUT2D eigenvalue weighted by molar-refractivity contribution is 0.0943. The third-order valence-corrected chi connectivity index (χ3v) is 1.93. The maximum absolute atomic E-state index is 9.61. The number of nitrogens with one attached hydrogen (secondary N) is 2. The van der Waals surface area contributed by atoms with Crippen LogP contribution in [-0.2, 0) is 0 Å². The predicted molar refractivity (Wildman–Crippen MR) is 62.9 cm³/mol. The minimum atomic E-state index is -0.810. The molecule has 0 bridgehead atoms. The minimum absolute atomic E-state index is 0.378. The van der Waals surface area contributed by atoms with Gasteiger partial charge in [-0.05, 0) is 13.8 Å². The van der Waals surface area contributed by atoms with E-state index >= 15 is 0 Å². The van der Waals surface area contributed by atoms with Crippen LogP contribution in [0.3, 0.4) is 0 Å². The van der Waals surface area contributed by atoms with E-state index in [0.717, 1.165) is 0 Å². The molecule has 0 unspecified atom stereocenters. The molecule has 0 aliphatic carbocycles. The Morgan fingerprint density at radius 2 is 2.00 bits per heavy atom. The molecule has 0 atom stereocenters. The van der Waals surface area contributed by atoms with Gasteiger partial charge in [-0.25, -0.2) is 9.97 Å². The lowest BCUT2D eigenvalue weighted by atomic mass is 10.1. The van der Waals surface area contributed by atoms with E-state index in [2.05, 4.69) is 20.6 Å². The second kappa shape index (κ2) is 4.98. The second-order valence-electron chi connectivity index (χ2n) is 4.02. The van der Waals surface area contributed by atoms with Crippen molar-refractivity contribution in [3.05, 3.63) is 6.33 Å². The van der Waals surface area contributed by atoms with Crippen molar-refractivity contribution in [3.63, 3.8) is 0 Å². The van der Waals surface area contributed by atoms with Crippen molar-refractivity contribution in [2.24, 2.45) is 0 Å². The number of rotatable bonds is 5. The van der Waals surface area contributed by atoms with E-state index in [-0.39, 0.29) is 0 Å². The van der Waals surface area contributed by atoms with Crippen LogP contribution >= 0.6 is 0 Å². The molecule has 1 rings (SSSR count). The molecule has 6 nitrogen and oxygen atoms in total. The standard InChI is InChI=1S/C10H18N4O2/c1-10(2,15)5-12-9-7(16-4)8(11-3)13-6-14-9/h6,15H,5H2,1-4H3,(H2,11,12,13,14). The van der Waals surface area contributed by atoms with Crippen LogP contribution in [0.25, 0.3) is 0 Å². The van der Waals surface area contributed by atoms with Crippen molar-refractivity contribution in [1.82, 2.24) is 9.97 Å². The van der Waals surface area contributed by atoms with Crippen molar-refractivity contribution < 1.29 is 9.84 Å². The second-order valence-corrected chi connectivity index (χ2v) is 4.02. The van der Waals surface area contributed by atoms with Crippen LogP contribution in [0, 0.1) is 0 Å². The first-order valence-electron chi connectivity index (χ1n) is 5.01. The molecule has 0 aromatic carbocycles. The summed E-state index contributed by atoms with van der Waals surface area (Å²) in [4.78, 5) is 8.09.